The molecule has 0 aliphatic carbocycles. The maximum atomic E-state index is 10.5. The van der Waals surface area contributed by atoms with Crippen LogP contribution in [0.2, 0.25) is 13.1 Å². The van der Waals surface area contributed by atoms with E-state index in [1.54, 1.807) is 6.08 Å². The Morgan fingerprint density at radius 2 is 2.25 bits per heavy atom. The van der Waals surface area contributed by atoms with Crippen molar-refractivity contribution in [3.8, 4) is 0 Å². The van der Waals surface area contributed by atoms with Gasteiger partial charge in [-0.3, -0.25) is 0 Å². The topological polar surface area (TPSA) is 26.3 Å². The smallest absolute Gasteiger partial charge is 0.330 e. The normalized spacial score (nSPS) is 11.6. The molecule has 2 nitrogen and oxygen atoms in total. The molecule has 0 heterocycles. The Labute approximate surface area is 78.6 Å². The van der Waals surface area contributed by atoms with Crippen LogP contribution in [-0.4, -0.2) is 20.0 Å². The highest BCUT2D eigenvalue weighted by atomic mass is 35.6. The minimum absolute atomic E-state index is 0.272. The standard InChI is InChI=1S/C8H13ClO2Si/c1-4-8(10)11-6-5-7-12(2,3)9/h4-5,7H,1,6H2,2-3H3. The molecule has 0 unspecified atom stereocenters. The highest BCUT2D eigenvalue weighted by molar-refractivity contribution is 7.21. The van der Waals surface area contributed by atoms with Crippen molar-refractivity contribution in [2.75, 3.05) is 6.61 Å². The molecule has 4 heteroatoms. The molecule has 0 radical (unpaired) electrons. The Balaban J connectivity index is 3.63. The molecule has 0 atom stereocenters. The van der Waals surface area contributed by atoms with Gasteiger partial charge >= 0.3 is 5.97 Å². The van der Waals surface area contributed by atoms with E-state index < -0.39 is 13.4 Å². The molecule has 0 aliphatic heterocycles. The van der Waals surface area contributed by atoms with Crippen LogP contribution in [0.3, 0.4) is 0 Å². The summed E-state index contributed by atoms with van der Waals surface area (Å²) in [6, 6.07) is 0. The molecule has 68 valence electrons. The van der Waals surface area contributed by atoms with Crippen LogP contribution in [0.15, 0.2) is 24.4 Å². The van der Waals surface area contributed by atoms with Gasteiger partial charge in [0.2, 0.25) is 0 Å². The molecule has 12 heavy (non-hydrogen) atoms. The van der Waals surface area contributed by atoms with Crippen LogP contribution < -0.4 is 0 Å². The van der Waals surface area contributed by atoms with E-state index in [4.69, 9.17) is 15.8 Å². The minimum Gasteiger partial charge on any atom is -0.458 e. The van der Waals surface area contributed by atoms with Crippen LogP contribution in [0.5, 0.6) is 0 Å². The second-order valence-electron chi connectivity index (χ2n) is 2.80. The number of carbonyl (C=O) groups is 1. The number of hydrogen-bond acceptors (Lipinski definition) is 2. The number of hydrogen-bond donors (Lipinski definition) is 0. The third-order valence-corrected chi connectivity index (χ3v) is 2.41. The van der Waals surface area contributed by atoms with Gasteiger partial charge in [-0.05, 0) is 0 Å². The summed E-state index contributed by atoms with van der Waals surface area (Å²) in [5.74, 6) is -0.409. The number of esters is 1. The van der Waals surface area contributed by atoms with Gasteiger partial charge in [-0.2, -0.15) is 11.1 Å². The fourth-order valence-corrected chi connectivity index (χ4v) is 1.44. The number of rotatable bonds is 4. The zero-order valence-corrected chi connectivity index (χ0v) is 9.10. The summed E-state index contributed by atoms with van der Waals surface area (Å²) in [6.07, 6.45) is 2.90. The lowest BCUT2D eigenvalue weighted by atomic mass is 10.6. The summed E-state index contributed by atoms with van der Waals surface area (Å²) in [5, 5.41) is 0. The lowest BCUT2D eigenvalue weighted by Crippen LogP contribution is -2.12. The molecule has 0 aromatic carbocycles. The van der Waals surface area contributed by atoms with Crippen LogP contribution in [-0.2, 0) is 9.53 Å². The van der Waals surface area contributed by atoms with E-state index in [1.165, 1.54) is 0 Å². The van der Waals surface area contributed by atoms with Gasteiger partial charge in [-0.15, -0.1) is 0 Å². The van der Waals surface area contributed by atoms with E-state index in [-0.39, 0.29) is 6.61 Å². The van der Waals surface area contributed by atoms with Crippen LogP contribution >= 0.6 is 11.1 Å². The molecule has 0 N–H and O–H groups in total. The number of ether oxygens (including phenoxy) is 1. The molecular formula is C8H13ClO2Si. The molecule has 0 saturated carbocycles. The maximum Gasteiger partial charge on any atom is 0.330 e. The average molecular weight is 205 g/mol. The minimum atomic E-state index is -1.66. The molecule has 0 aromatic rings. The van der Waals surface area contributed by atoms with E-state index in [9.17, 15) is 4.79 Å². The van der Waals surface area contributed by atoms with Gasteiger partial charge in [-0.1, -0.05) is 31.4 Å². The third kappa shape index (κ3) is 7.56. The predicted octanol–water partition coefficient (Wildman–Crippen LogP) is 2.25. The van der Waals surface area contributed by atoms with Crippen molar-refractivity contribution in [3.05, 3.63) is 24.4 Å². The van der Waals surface area contributed by atoms with Crippen LogP contribution in [0.4, 0.5) is 0 Å². The number of carbonyl (C=O) groups excluding carboxylic acids is 1. The molecule has 0 aromatic heterocycles. The highest BCUT2D eigenvalue weighted by Crippen LogP contribution is 2.08. The number of halogens is 1. The summed E-state index contributed by atoms with van der Waals surface area (Å²) in [7, 11) is -1.66. The SMILES string of the molecule is C=CC(=O)OCC=C[Si](C)(C)Cl. The maximum absolute atomic E-state index is 10.5. The first-order chi connectivity index (χ1) is 5.45. The van der Waals surface area contributed by atoms with Gasteiger partial charge < -0.3 is 4.74 Å². The second-order valence-corrected chi connectivity index (χ2v) is 9.19. The first-order valence-corrected chi connectivity index (χ1v) is 7.70. The lowest BCUT2D eigenvalue weighted by molar-refractivity contribution is -0.136. The molecule has 0 amide bonds. The predicted molar refractivity (Wildman–Crippen MR) is 53.6 cm³/mol. The summed E-state index contributed by atoms with van der Waals surface area (Å²) in [4.78, 5) is 10.5. The Bertz CT molecular complexity index is 194. The van der Waals surface area contributed by atoms with Gasteiger partial charge in [0.05, 0.1) is 0 Å². The lowest BCUT2D eigenvalue weighted by Gasteiger charge is -2.04. The average Bonchev–Trinajstić information content (AvgIpc) is 1.96. The van der Waals surface area contributed by atoms with Gasteiger partial charge in [0.1, 0.15) is 6.61 Å². The van der Waals surface area contributed by atoms with Crippen molar-refractivity contribution < 1.29 is 9.53 Å². The first-order valence-electron chi connectivity index (χ1n) is 3.61. The highest BCUT2D eigenvalue weighted by Gasteiger charge is 2.10. The van der Waals surface area contributed by atoms with Gasteiger partial charge in [0.15, 0.2) is 7.38 Å². The van der Waals surface area contributed by atoms with Crippen molar-refractivity contribution in [1.82, 2.24) is 0 Å². The fourth-order valence-electron chi connectivity index (χ4n) is 0.518. The zero-order chi connectivity index (χ0) is 9.61. The molecule has 0 rings (SSSR count). The van der Waals surface area contributed by atoms with E-state index in [0.717, 1.165) is 6.08 Å². The monoisotopic (exact) mass is 204 g/mol. The van der Waals surface area contributed by atoms with Crippen LogP contribution in [0, 0.1) is 0 Å². The molecule has 0 spiro atoms. The molecule has 0 fully saturated rings. The van der Waals surface area contributed by atoms with Gasteiger partial charge in [0, 0.05) is 6.08 Å². The largest absolute Gasteiger partial charge is 0.458 e. The van der Waals surface area contributed by atoms with E-state index in [1.807, 2.05) is 18.8 Å². The van der Waals surface area contributed by atoms with Crippen LogP contribution in [0.1, 0.15) is 0 Å². The van der Waals surface area contributed by atoms with E-state index >= 15 is 0 Å². The summed E-state index contributed by atoms with van der Waals surface area (Å²) in [6.45, 7) is 7.52. The Morgan fingerprint density at radius 3 is 2.67 bits per heavy atom. The third-order valence-electron chi connectivity index (χ3n) is 1.00. The summed E-state index contributed by atoms with van der Waals surface area (Å²) >= 11 is 5.97. The van der Waals surface area contributed by atoms with Crippen molar-refractivity contribution in [1.29, 1.82) is 0 Å². The molecule has 0 saturated heterocycles. The van der Waals surface area contributed by atoms with Gasteiger partial charge in [-0.25, -0.2) is 4.79 Å². The Hall–Kier alpha value is -0.543. The van der Waals surface area contributed by atoms with Crippen molar-refractivity contribution in [2.24, 2.45) is 0 Å². The van der Waals surface area contributed by atoms with Crippen molar-refractivity contribution in [2.45, 2.75) is 13.1 Å². The second kappa shape index (κ2) is 5.16. The molecule has 0 aliphatic rings. The Morgan fingerprint density at radius 1 is 1.67 bits per heavy atom. The first kappa shape index (κ1) is 11.5. The summed E-state index contributed by atoms with van der Waals surface area (Å²) in [5.41, 5.74) is 1.91. The molecular weight excluding hydrogens is 192 g/mol. The van der Waals surface area contributed by atoms with Crippen molar-refractivity contribution >= 4 is 24.4 Å². The van der Waals surface area contributed by atoms with Crippen LogP contribution in [0.25, 0.3) is 0 Å². The van der Waals surface area contributed by atoms with E-state index in [0.29, 0.717) is 0 Å². The zero-order valence-electron chi connectivity index (χ0n) is 7.34. The Kier molecular flexibility index (Phi) is 4.93. The summed E-state index contributed by atoms with van der Waals surface area (Å²) < 4.78 is 4.71. The van der Waals surface area contributed by atoms with Crippen molar-refractivity contribution in [3.63, 3.8) is 0 Å². The molecule has 0 bridgehead atoms. The van der Waals surface area contributed by atoms with Gasteiger partial charge in [0.25, 0.3) is 0 Å². The quantitative estimate of drug-likeness (QED) is 0.304. The fraction of sp³-hybridized carbons (Fsp3) is 0.375. The van der Waals surface area contributed by atoms with E-state index in [2.05, 4.69) is 6.58 Å².